The number of carbonyl (C=O) groups excluding carboxylic acids is 1. The Morgan fingerprint density at radius 3 is 2.84 bits per heavy atom. The molecule has 0 saturated heterocycles. The molecule has 31 heavy (non-hydrogen) atoms. The van der Waals surface area contributed by atoms with E-state index in [0.29, 0.717) is 18.2 Å². The second-order valence-electron chi connectivity index (χ2n) is 8.19. The molecule has 1 aromatic carbocycles. The van der Waals surface area contributed by atoms with Crippen LogP contribution < -0.4 is 20.7 Å². The van der Waals surface area contributed by atoms with Crippen LogP contribution in [0.3, 0.4) is 0 Å². The summed E-state index contributed by atoms with van der Waals surface area (Å²) >= 11 is 0. The Balaban J connectivity index is 1.58. The summed E-state index contributed by atoms with van der Waals surface area (Å²) in [4.78, 5) is 24.7. The highest BCUT2D eigenvalue weighted by Crippen LogP contribution is 2.37. The van der Waals surface area contributed by atoms with E-state index in [4.69, 9.17) is 4.74 Å². The molecule has 0 radical (unpaired) electrons. The number of benzene rings is 1. The van der Waals surface area contributed by atoms with E-state index in [1.165, 1.54) is 12.5 Å². The molecule has 1 amide bonds. The van der Waals surface area contributed by atoms with Gasteiger partial charge in [-0.3, -0.25) is 4.79 Å². The third kappa shape index (κ3) is 4.42. The third-order valence-corrected chi connectivity index (χ3v) is 5.32. The van der Waals surface area contributed by atoms with Crippen molar-refractivity contribution in [1.29, 1.82) is 0 Å². The molecule has 160 valence electrons. The third-order valence-electron chi connectivity index (χ3n) is 5.32. The van der Waals surface area contributed by atoms with Crippen LogP contribution in [0.15, 0.2) is 42.7 Å². The number of fused-ring (bicyclic) bond motifs is 1. The molecule has 3 heterocycles. The van der Waals surface area contributed by atoms with Crippen LogP contribution in [0.2, 0.25) is 0 Å². The second-order valence-corrected chi connectivity index (χ2v) is 8.19. The summed E-state index contributed by atoms with van der Waals surface area (Å²) in [6.45, 7) is 7.20. The fraction of sp³-hybridized carbons (Fsp3) is 0.304. The zero-order valence-corrected chi connectivity index (χ0v) is 18.1. The maximum Gasteiger partial charge on any atom is 0.227 e. The summed E-state index contributed by atoms with van der Waals surface area (Å²) in [5.41, 5.74) is 4.62. The fourth-order valence-electron chi connectivity index (χ4n) is 3.54. The van der Waals surface area contributed by atoms with Gasteiger partial charge in [-0.15, -0.1) is 0 Å². The van der Waals surface area contributed by atoms with Crippen molar-refractivity contribution in [1.82, 2.24) is 20.3 Å². The van der Waals surface area contributed by atoms with Gasteiger partial charge in [-0.1, -0.05) is 19.9 Å². The number of pyridine rings is 1. The maximum atomic E-state index is 11.1. The highest BCUT2D eigenvalue weighted by atomic mass is 16.5. The number of ether oxygens (including phenoxy) is 1. The smallest absolute Gasteiger partial charge is 0.227 e. The van der Waals surface area contributed by atoms with E-state index >= 15 is 0 Å². The average Bonchev–Trinajstić information content (AvgIpc) is 3.07. The lowest BCUT2D eigenvalue weighted by atomic mass is 9.87. The Kier molecular flexibility index (Phi) is 5.46. The lowest BCUT2D eigenvalue weighted by molar-refractivity contribution is -0.119. The summed E-state index contributed by atoms with van der Waals surface area (Å²) in [7, 11) is 1.60. The van der Waals surface area contributed by atoms with Crippen molar-refractivity contribution < 1.29 is 9.53 Å². The molecule has 8 heteroatoms. The zero-order chi connectivity index (χ0) is 22.0. The summed E-state index contributed by atoms with van der Waals surface area (Å²) in [6.07, 6.45) is 3.55. The van der Waals surface area contributed by atoms with Gasteiger partial charge in [-0.05, 0) is 29.8 Å². The van der Waals surface area contributed by atoms with Gasteiger partial charge in [0.15, 0.2) is 0 Å². The number of anilines is 3. The molecule has 1 aliphatic heterocycles. The molecular formula is C23H26N6O2. The Labute approximate surface area is 181 Å². The summed E-state index contributed by atoms with van der Waals surface area (Å²) < 4.78 is 5.51. The van der Waals surface area contributed by atoms with Crippen molar-refractivity contribution in [2.24, 2.45) is 0 Å². The van der Waals surface area contributed by atoms with Crippen molar-refractivity contribution in [3.8, 4) is 17.0 Å². The molecule has 2 aromatic heterocycles. The number of hydrogen-bond acceptors (Lipinski definition) is 7. The molecule has 0 unspecified atom stereocenters. The van der Waals surface area contributed by atoms with Gasteiger partial charge in [-0.25, -0.2) is 15.0 Å². The summed E-state index contributed by atoms with van der Waals surface area (Å²) in [5.74, 6) is 1.96. The largest absolute Gasteiger partial charge is 0.495 e. The van der Waals surface area contributed by atoms with Crippen molar-refractivity contribution >= 4 is 23.4 Å². The zero-order valence-electron chi connectivity index (χ0n) is 18.1. The highest BCUT2D eigenvalue weighted by Gasteiger charge is 2.31. The molecule has 0 spiro atoms. The molecule has 3 N–H and O–H groups in total. The normalized spacial score (nSPS) is 13.8. The van der Waals surface area contributed by atoms with Gasteiger partial charge in [0.2, 0.25) is 11.9 Å². The number of carbonyl (C=O) groups is 1. The molecule has 0 saturated carbocycles. The van der Waals surface area contributed by atoms with E-state index in [9.17, 15) is 4.79 Å². The standard InChI is InChI=1S/C23H26N6O2/c1-14(30)25-11-15-5-6-19(20(9-15)31-4)29-22-24-8-7-18(28-22)16-10-17-21(26-12-16)27-13-23(17,2)3/h5-10,12H,11,13H2,1-4H3,(H,25,30)(H,26,27)(H,24,28,29). The average molecular weight is 419 g/mol. The number of nitrogens with one attached hydrogen (secondary N) is 3. The first kappa shape index (κ1) is 20.6. The quantitative estimate of drug-likeness (QED) is 0.562. The monoisotopic (exact) mass is 418 g/mol. The Morgan fingerprint density at radius 1 is 1.23 bits per heavy atom. The van der Waals surface area contributed by atoms with Crippen molar-refractivity contribution in [2.45, 2.75) is 32.7 Å². The van der Waals surface area contributed by atoms with Gasteiger partial charge < -0.3 is 20.7 Å². The minimum Gasteiger partial charge on any atom is -0.495 e. The molecule has 3 aromatic rings. The van der Waals surface area contributed by atoms with Crippen LogP contribution in [0.1, 0.15) is 31.9 Å². The topological polar surface area (TPSA) is 101 Å². The minimum absolute atomic E-state index is 0.0266. The van der Waals surface area contributed by atoms with E-state index in [1.54, 1.807) is 13.3 Å². The minimum atomic E-state index is -0.0772. The van der Waals surface area contributed by atoms with Gasteiger partial charge in [0.05, 0.1) is 18.5 Å². The number of rotatable bonds is 6. The lowest BCUT2D eigenvalue weighted by Gasteiger charge is -2.17. The Bertz CT molecular complexity index is 1130. The predicted octanol–water partition coefficient (Wildman–Crippen LogP) is 3.63. The summed E-state index contributed by atoms with van der Waals surface area (Å²) in [6, 6.07) is 9.70. The number of nitrogens with zero attached hydrogens (tertiary/aromatic N) is 3. The van der Waals surface area contributed by atoms with E-state index < -0.39 is 0 Å². The first-order chi connectivity index (χ1) is 14.9. The predicted molar refractivity (Wildman–Crippen MR) is 121 cm³/mol. The van der Waals surface area contributed by atoms with Crippen molar-refractivity contribution in [3.63, 3.8) is 0 Å². The molecule has 8 nitrogen and oxygen atoms in total. The molecule has 0 fully saturated rings. The first-order valence-electron chi connectivity index (χ1n) is 10.1. The van der Waals surface area contributed by atoms with Gasteiger partial charge >= 0.3 is 0 Å². The molecule has 4 rings (SSSR count). The lowest BCUT2D eigenvalue weighted by Crippen LogP contribution is -2.18. The SMILES string of the molecule is COc1cc(CNC(C)=O)ccc1Nc1nccc(-c2cnc3c(c2)C(C)(C)CN3)n1. The number of methoxy groups -OCH3 is 1. The van der Waals surface area contributed by atoms with Crippen LogP contribution in [-0.4, -0.2) is 34.5 Å². The highest BCUT2D eigenvalue weighted by molar-refractivity contribution is 5.73. The van der Waals surface area contributed by atoms with Crippen LogP contribution in [-0.2, 0) is 16.8 Å². The van der Waals surface area contributed by atoms with Gasteiger partial charge in [0, 0.05) is 48.9 Å². The van der Waals surface area contributed by atoms with Crippen molar-refractivity contribution in [2.75, 3.05) is 24.3 Å². The van der Waals surface area contributed by atoms with E-state index in [0.717, 1.165) is 34.9 Å². The molecule has 0 bridgehead atoms. The van der Waals surface area contributed by atoms with Gasteiger partial charge in [0.1, 0.15) is 11.6 Å². The fourth-order valence-corrected chi connectivity index (χ4v) is 3.54. The van der Waals surface area contributed by atoms with E-state index in [-0.39, 0.29) is 11.3 Å². The number of aromatic nitrogens is 3. The van der Waals surface area contributed by atoms with Crippen LogP contribution >= 0.6 is 0 Å². The molecule has 1 aliphatic rings. The number of amides is 1. The van der Waals surface area contributed by atoms with Crippen LogP contribution in [0.25, 0.3) is 11.3 Å². The maximum absolute atomic E-state index is 11.1. The van der Waals surface area contributed by atoms with Crippen LogP contribution in [0.4, 0.5) is 17.5 Å². The Hall–Kier alpha value is -3.68. The molecule has 0 aliphatic carbocycles. The summed E-state index contributed by atoms with van der Waals surface area (Å²) in [5, 5.41) is 9.36. The van der Waals surface area contributed by atoms with Gasteiger partial charge in [0.25, 0.3) is 0 Å². The van der Waals surface area contributed by atoms with Crippen LogP contribution in [0.5, 0.6) is 5.75 Å². The van der Waals surface area contributed by atoms with E-state index in [1.807, 2.05) is 30.5 Å². The first-order valence-corrected chi connectivity index (χ1v) is 10.1. The molecule has 0 atom stereocenters. The number of hydrogen-bond donors (Lipinski definition) is 3. The second kappa shape index (κ2) is 8.22. The van der Waals surface area contributed by atoms with E-state index in [2.05, 4.69) is 50.8 Å². The van der Waals surface area contributed by atoms with Crippen molar-refractivity contribution in [3.05, 3.63) is 53.9 Å². The van der Waals surface area contributed by atoms with Gasteiger partial charge in [-0.2, -0.15) is 0 Å². The Morgan fingerprint density at radius 2 is 2.06 bits per heavy atom. The molecular weight excluding hydrogens is 392 g/mol. The van der Waals surface area contributed by atoms with Crippen LogP contribution in [0, 0.1) is 0 Å².